The summed E-state index contributed by atoms with van der Waals surface area (Å²) < 4.78 is 28.1. The quantitative estimate of drug-likeness (QED) is 0.712. The minimum atomic E-state index is -3.90. The number of nitrogens with two attached hydrogens (primary N) is 1. The molecule has 0 aliphatic heterocycles. The zero-order valence-electron chi connectivity index (χ0n) is 9.77. The van der Waals surface area contributed by atoms with Crippen LogP contribution in [0.25, 0.3) is 0 Å². The van der Waals surface area contributed by atoms with Crippen LogP contribution in [0, 0.1) is 0 Å². The maximum Gasteiger partial charge on any atom is 0.266 e. The molecule has 0 saturated heterocycles. The number of hydrogen-bond acceptors (Lipinski definition) is 4. The molecule has 0 aliphatic carbocycles. The SMILES string of the molecule is Nc1cc(Br)cc(Br)c1S(=O)(=O)Nc1ncccc1Cl. The van der Waals surface area contributed by atoms with Crippen LogP contribution in [0.2, 0.25) is 5.02 Å². The molecular formula is C11H8Br2ClN3O2S. The summed E-state index contributed by atoms with van der Waals surface area (Å²) in [5, 5.41) is 0.197. The first-order valence-corrected chi connectivity index (χ1v) is 8.64. The molecule has 0 bridgehead atoms. The van der Waals surface area contributed by atoms with E-state index in [4.69, 9.17) is 17.3 Å². The topological polar surface area (TPSA) is 85.1 Å². The summed E-state index contributed by atoms with van der Waals surface area (Å²) >= 11 is 12.3. The summed E-state index contributed by atoms with van der Waals surface area (Å²) in [6, 6.07) is 6.22. The van der Waals surface area contributed by atoms with Gasteiger partial charge < -0.3 is 5.73 Å². The number of pyridine rings is 1. The number of hydrogen-bond donors (Lipinski definition) is 2. The van der Waals surface area contributed by atoms with Crippen molar-refractivity contribution < 1.29 is 8.42 Å². The minimum Gasteiger partial charge on any atom is -0.398 e. The Balaban J connectivity index is 2.50. The van der Waals surface area contributed by atoms with Gasteiger partial charge in [-0.15, -0.1) is 0 Å². The van der Waals surface area contributed by atoms with Gasteiger partial charge in [0, 0.05) is 15.1 Å². The second kappa shape index (κ2) is 5.88. The molecule has 0 unspecified atom stereocenters. The summed E-state index contributed by atoms with van der Waals surface area (Å²) in [5.74, 6) is 0.0448. The molecule has 0 amide bonds. The van der Waals surface area contributed by atoms with Crippen molar-refractivity contribution >= 4 is 65.0 Å². The molecule has 1 heterocycles. The summed E-state index contributed by atoms with van der Waals surface area (Å²) in [5.41, 5.74) is 5.87. The van der Waals surface area contributed by atoms with E-state index in [1.165, 1.54) is 18.3 Å². The Labute approximate surface area is 137 Å². The lowest BCUT2D eigenvalue weighted by Crippen LogP contribution is -2.16. The largest absolute Gasteiger partial charge is 0.398 e. The fourth-order valence-corrected chi connectivity index (χ4v) is 4.83. The Bertz CT molecular complexity index is 745. The van der Waals surface area contributed by atoms with E-state index in [1.54, 1.807) is 12.1 Å². The highest BCUT2D eigenvalue weighted by molar-refractivity contribution is 9.11. The highest BCUT2D eigenvalue weighted by atomic mass is 79.9. The Kier molecular flexibility index (Phi) is 4.58. The standard InChI is InChI=1S/C11H8Br2ClN3O2S/c12-6-4-7(13)10(9(15)5-6)20(18,19)17-11-8(14)2-1-3-16-11/h1-5H,15H2,(H,16,17). The smallest absolute Gasteiger partial charge is 0.266 e. The predicted octanol–water partition coefficient (Wildman–Crippen LogP) is 3.64. The Hall–Kier alpha value is -0.830. The van der Waals surface area contributed by atoms with Crippen LogP contribution in [-0.2, 0) is 10.0 Å². The number of benzene rings is 1. The first kappa shape index (κ1) is 15.6. The van der Waals surface area contributed by atoms with Crippen molar-refractivity contribution in [1.82, 2.24) is 4.98 Å². The molecule has 1 aromatic heterocycles. The van der Waals surface area contributed by atoms with E-state index in [1.807, 2.05) is 0 Å². The third-order valence-corrected chi connectivity index (χ3v) is 5.40. The summed E-state index contributed by atoms with van der Waals surface area (Å²) in [6.07, 6.45) is 1.43. The number of nitrogens with one attached hydrogen (secondary N) is 1. The molecule has 5 nitrogen and oxygen atoms in total. The lowest BCUT2D eigenvalue weighted by Gasteiger charge is -2.12. The second-order valence-electron chi connectivity index (χ2n) is 3.75. The summed E-state index contributed by atoms with van der Waals surface area (Å²) in [6.45, 7) is 0. The van der Waals surface area contributed by atoms with E-state index >= 15 is 0 Å². The van der Waals surface area contributed by atoms with Gasteiger partial charge in [0.2, 0.25) is 0 Å². The lowest BCUT2D eigenvalue weighted by molar-refractivity contribution is 0.601. The van der Waals surface area contributed by atoms with E-state index < -0.39 is 10.0 Å². The van der Waals surface area contributed by atoms with Crippen LogP contribution in [0.15, 0.2) is 44.3 Å². The molecule has 106 valence electrons. The first-order chi connectivity index (χ1) is 9.31. The molecule has 3 N–H and O–H groups in total. The predicted molar refractivity (Wildman–Crippen MR) is 86.3 cm³/mol. The average molecular weight is 442 g/mol. The number of aromatic nitrogens is 1. The van der Waals surface area contributed by atoms with Gasteiger partial charge in [-0.05, 0) is 40.2 Å². The monoisotopic (exact) mass is 439 g/mol. The Morgan fingerprint density at radius 3 is 2.60 bits per heavy atom. The number of nitrogen functional groups attached to an aromatic ring is 1. The van der Waals surface area contributed by atoms with Crippen molar-refractivity contribution in [3.05, 3.63) is 44.4 Å². The van der Waals surface area contributed by atoms with Crippen molar-refractivity contribution in [3.8, 4) is 0 Å². The average Bonchev–Trinajstić information content (AvgIpc) is 2.30. The number of rotatable bonds is 3. The molecule has 0 saturated carbocycles. The summed E-state index contributed by atoms with van der Waals surface area (Å²) in [4.78, 5) is 3.81. The maximum absolute atomic E-state index is 12.4. The van der Waals surface area contributed by atoms with Crippen molar-refractivity contribution in [3.63, 3.8) is 0 Å². The fraction of sp³-hybridized carbons (Fsp3) is 0. The second-order valence-corrected chi connectivity index (χ2v) is 7.54. The molecule has 1 aromatic carbocycles. The highest BCUT2D eigenvalue weighted by Crippen LogP contribution is 2.33. The third kappa shape index (κ3) is 3.25. The molecule has 20 heavy (non-hydrogen) atoms. The van der Waals surface area contributed by atoms with Gasteiger partial charge in [0.15, 0.2) is 5.82 Å². The maximum atomic E-state index is 12.4. The van der Waals surface area contributed by atoms with E-state index in [9.17, 15) is 8.42 Å². The van der Waals surface area contributed by atoms with Gasteiger partial charge in [0.25, 0.3) is 10.0 Å². The van der Waals surface area contributed by atoms with Crippen LogP contribution >= 0.6 is 43.5 Å². The van der Waals surface area contributed by atoms with E-state index in [0.29, 0.717) is 8.95 Å². The Morgan fingerprint density at radius 1 is 1.30 bits per heavy atom. The van der Waals surface area contributed by atoms with E-state index in [2.05, 4.69) is 41.6 Å². The van der Waals surface area contributed by atoms with Gasteiger partial charge in [-0.2, -0.15) is 0 Å². The highest BCUT2D eigenvalue weighted by Gasteiger charge is 2.23. The molecule has 0 spiro atoms. The van der Waals surface area contributed by atoms with Crippen LogP contribution in [0.1, 0.15) is 0 Å². The number of nitrogens with zero attached hydrogens (tertiary/aromatic N) is 1. The number of anilines is 2. The van der Waals surface area contributed by atoms with Gasteiger partial charge in [-0.25, -0.2) is 13.4 Å². The van der Waals surface area contributed by atoms with Gasteiger partial charge in [-0.3, -0.25) is 4.72 Å². The van der Waals surface area contributed by atoms with Crippen LogP contribution in [0.5, 0.6) is 0 Å². The normalized spacial score (nSPS) is 11.3. The molecular weight excluding hydrogens is 433 g/mol. The molecule has 2 rings (SSSR count). The minimum absolute atomic E-state index is 0.0448. The first-order valence-electron chi connectivity index (χ1n) is 5.19. The fourth-order valence-electron chi connectivity index (χ4n) is 1.50. The van der Waals surface area contributed by atoms with Crippen LogP contribution in [0.4, 0.5) is 11.5 Å². The van der Waals surface area contributed by atoms with Gasteiger partial charge in [0.05, 0.1) is 10.7 Å². The van der Waals surface area contributed by atoms with Gasteiger partial charge in [-0.1, -0.05) is 27.5 Å². The lowest BCUT2D eigenvalue weighted by atomic mass is 10.3. The number of halogens is 3. The van der Waals surface area contributed by atoms with Crippen LogP contribution in [0.3, 0.4) is 0 Å². The zero-order valence-corrected chi connectivity index (χ0v) is 14.5. The molecule has 2 aromatic rings. The zero-order chi connectivity index (χ0) is 14.9. The van der Waals surface area contributed by atoms with E-state index in [-0.39, 0.29) is 21.4 Å². The Morgan fingerprint density at radius 2 is 2.00 bits per heavy atom. The molecule has 0 aliphatic rings. The van der Waals surface area contributed by atoms with Crippen molar-refractivity contribution in [1.29, 1.82) is 0 Å². The van der Waals surface area contributed by atoms with Gasteiger partial charge in [0.1, 0.15) is 4.90 Å². The molecule has 0 radical (unpaired) electrons. The molecule has 0 atom stereocenters. The van der Waals surface area contributed by atoms with Crippen LogP contribution in [-0.4, -0.2) is 13.4 Å². The molecule has 9 heteroatoms. The van der Waals surface area contributed by atoms with Crippen LogP contribution < -0.4 is 10.5 Å². The van der Waals surface area contributed by atoms with Crippen molar-refractivity contribution in [2.24, 2.45) is 0 Å². The van der Waals surface area contributed by atoms with Crippen molar-refractivity contribution in [2.75, 3.05) is 10.5 Å². The number of sulfonamides is 1. The van der Waals surface area contributed by atoms with E-state index in [0.717, 1.165) is 0 Å². The molecule has 0 fully saturated rings. The summed E-state index contributed by atoms with van der Waals surface area (Å²) in [7, 11) is -3.90. The third-order valence-electron chi connectivity index (χ3n) is 2.30. The van der Waals surface area contributed by atoms with Crippen molar-refractivity contribution in [2.45, 2.75) is 4.90 Å². The van der Waals surface area contributed by atoms with Gasteiger partial charge >= 0.3 is 0 Å².